The Morgan fingerprint density at radius 1 is 1.43 bits per heavy atom. The van der Waals surface area contributed by atoms with Gasteiger partial charge < -0.3 is 5.32 Å². The monoisotopic (exact) mass is 306 g/mol. The van der Waals surface area contributed by atoms with E-state index in [1.165, 1.54) is 11.3 Å². The van der Waals surface area contributed by atoms with Crippen LogP contribution in [0.1, 0.15) is 51.7 Å². The third-order valence-corrected chi connectivity index (χ3v) is 4.38. The number of nitrogens with one attached hydrogen (secondary N) is 1. The molecule has 2 aromatic rings. The number of carbonyl (C=O) groups excluding carboxylic acids is 1. The average molecular weight is 306 g/mol. The highest BCUT2D eigenvalue weighted by atomic mass is 32.1. The summed E-state index contributed by atoms with van der Waals surface area (Å²) in [6.45, 7) is 10.6. The number of hydrogen-bond acceptors (Lipinski definition) is 4. The predicted molar refractivity (Wildman–Crippen MR) is 85.0 cm³/mol. The summed E-state index contributed by atoms with van der Waals surface area (Å²) in [5.41, 5.74) is 2.99. The standard InChI is InChI=1S/C15H22N4OS/c1-6-13-14(21-12(5)17-13)15(20)16-8-11(4)19-10(3)7-9(2)18-19/h7,11H,6,8H2,1-5H3,(H,16,20)/t11-/m1/s1. The highest BCUT2D eigenvalue weighted by Gasteiger charge is 2.17. The van der Waals surface area contributed by atoms with Crippen LogP contribution in [-0.2, 0) is 6.42 Å². The number of nitrogens with zero attached hydrogens (tertiary/aromatic N) is 3. The number of hydrogen-bond donors (Lipinski definition) is 1. The fourth-order valence-electron chi connectivity index (χ4n) is 2.39. The summed E-state index contributed by atoms with van der Waals surface area (Å²) in [5, 5.41) is 8.38. The van der Waals surface area contributed by atoms with Crippen molar-refractivity contribution in [3.8, 4) is 0 Å². The number of rotatable bonds is 5. The predicted octanol–water partition coefficient (Wildman–Crippen LogP) is 2.82. The van der Waals surface area contributed by atoms with Crippen molar-refractivity contribution in [2.45, 2.75) is 47.1 Å². The van der Waals surface area contributed by atoms with E-state index in [0.29, 0.717) is 6.54 Å². The maximum absolute atomic E-state index is 12.3. The lowest BCUT2D eigenvalue weighted by Gasteiger charge is -2.15. The van der Waals surface area contributed by atoms with Crippen molar-refractivity contribution < 1.29 is 4.79 Å². The van der Waals surface area contributed by atoms with Crippen LogP contribution in [0.4, 0.5) is 0 Å². The lowest BCUT2D eigenvalue weighted by molar-refractivity contribution is 0.0950. The van der Waals surface area contributed by atoms with E-state index in [2.05, 4.69) is 22.3 Å². The van der Waals surface area contributed by atoms with Crippen LogP contribution in [0.25, 0.3) is 0 Å². The molecule has 2 heterocycles. The van der Waals surface area contributed by atoms with Crippen LogP contribution in [0.5, 0.6) is 0 Å². The molecule has 0 bridgehead atoms. The molecule has 6 heteroatoms. The first-order valence-electron chi connectivity index (χ1n) is 7.19. The van der Waals surface area contributed by atoms with Crippen molar-refractivity contribution in [1.82, 2.24) is 20.1 Å². The molecule has 0 aliphatic heterocycles. The fraction of sp³-hybridized carbons (Fsp3) is 0.533. The van der Waals surface area contributed by atoms with Gasteiger partial charge in [-0.05, 0) is 40.2 Å². The van der Waals surface area contributed by atoms with Crippen LogP contribution in [0.15, 0.2) is 6.07 Å². The third kappa shape index (κ3) is 3.50. The molecule has 0 aromatic carbocycles. The molecular formula is C15H22N4OS. The van der Waals surface area contributed by atoms with Crippen molar-refractivity contribution in [3.63, 3.8) is 0 Å². The van der Waals surface area contributed by atoms with E-state index in [-0.39, 0.29) is 11.9 Å². The lowest BCUT2D eigenvalue weighted by atomic mass is 10.2. The lowest BCUT2D eigenvalue weighted by Crippen LogP contribution is -2.30. The second kappa shape index (κ2) is 6.39. The molecule has 0 spiro atoms. The SMILES string of the molecule is CCc1nc(C)sc1C(=O)NC[C@@H](C)n1nc(C)cc1C. The molecule has 114 valence electrons. The smallest absolute Gasteiger partial charge is 0.263 e. The topological polar surface area (TPSA) is 59.8 Å². The first kappa shape index (κ1) is 15.7. The van der Waals surface area contributed by atoms with E-state index < -0.39 is 0 Å². The van der Waals surface area contributed by atoms with Crippen molar-refractivity contribution in [3.05, 3.63) is 33.0 Å². The summed E-state index contributed by atoms with van der Waals surface area (Å²) in [5.74, 6) is -0.0363. The summed E-state index contributed by atoms with van der Waals surface area (Å²) in [4.78, 5) is 17.4. The van der Waals surface area contributed by atoms with Crippen LogP contribution < -0.4 is 5.32 Å². The highest BCUT2D eigenvalue weighted by molar-refractivity contribution is 7.13. The summed E-state index contributed by atoms with van der Waals surface area (Å²) in [7, 11) is 0. The zero-order valence-corrected chi connectivity index (χ0v) is 14.0. The number of aryl methyl sites for hydroxylation is 4. The van der Waals surface area contributed by atoms with Crippen LogP contribution >= 0.6 is 11.3 Å². The summed E-state index contributed by atoms with van der Waals surface area (Å²) < 4.78 is 1.95. The first-order chi connectivity index (χ1) is 9.92. The number of thiazole rings is 1. The number of aromatic nitrogens is 3. The Bertz CT molecular complexity index is 644. The molecule has 1 amide bonds. The van der Waals surface area contributed by atoms with Gasteiger partial charge in [-0.25, -0.2) is 4.98 Å². The third-order valence-electron chi connectivity index (χ3n) is 3.37. The number of carbonyl (C=O) groups is 1. The van der Waals surface area contributed by atoms with E-state index >= 15 is 0 Å². The maximum atomic E-state index is 12.3. The van der Waals surface area contributed by atoms with Gasteiger partial charge in [0.25, 0.3) is 5.91 Å². The second-order valence-corrected chi connectivity index (χ2v) is 6.50. The minimum Gasteiger partial charge on any atom is -0.349 e. The van der Waals surface area contributed by atoms with Crippen LogP contribution in [-0.4, -0.2) is 27.2 Å². The Morgan fingerprint density at radius 3 is 2.71 bits per heavy atom. The van der Waals surface area contributed by atoms with Gasteiger partial charge in [-0.3, -0.25) is 9.48 Å². The normalized spacial score (nSPS) is 12.4. The first-order valence-corrected chi connectivity index (χ1v) is 8.01. The van der Waals surface area contributed by atoms with E-state index in [1.807, 2.05) is 38.4 Å². The van der Waals surface area contributed by atoms with Crippen LogP contribution in [0, 0.1) is 20.8 Å². The Hall–Kier alpha value is -1.69. The van der Waals surface area contributed by atoms with Crippen molar-refractivity contribution in [1.29, 1.82) is 0 Å². The summed E-state index contributed by atoms with van der Waals surface area (Å²) >= 11 is 1.46. The van der Waals surface area contributed by atoms with Gasteiger partial charge in [0.2, 0.25) is 0 Å². The molecule has 1 N–H and O–H groups in total. The molecular weight excluding hydrogens is 284 g/mol. The van der Waals surface area contributed by atoms with Crippen molar-refractivity contribution >= 4 is 17.2 Å². The Balaban J connectivity index is 2.02. The van der Waals surface area contributed by atoms with Crippen LogP contribution in [0.2, 0.25) is 0 Å². The van der Waals surface area contributed by atoms with E-state index in [0.717, 1.165) is 33.4 Å². The molecule has 0 radical (unpaired) electrons. The summed E-state index contributed by atoms with van der Waals surface area (Å²) in [6, 6.07) is 2.17. The van der Waals surface area contributed by atoms with Gasteiger partial charge in [0.1, 0.15) is 4.88 Å². The molecule has 0 fully saturated rings. The Labute approximate surface area is 129 Å². The van der Waals surface area contributed by atoms with Crippen molar-refractivity contribution in [2.24, 2.45) is 0 Å². The van der Waals surface area contributed by atoms with Gasteiger partial charge in [0.05, 0.1) is 22.4 Å². The van der Waals surface area contributed by atoms with Gasteiger partial charge in [-0.2, -0.15) is 5.10 Å². The molecule has 0 saturated carbocycles. The van der Waals surface area contributed by atoms with Gasteiger partial charge in [0, 0.05) is 12.2 Å². The Kier molecular flexibility index (Phi) is 4.77. The fourth-order valence-corrected chi connectivity index (χ4v) is 3.31. The molecule has 0 saturated heterocycles. The zero-order chi connectivity index (χ0) is 15.6. The summed E-state index contributed by atoms with van der Waals surface area (Å²) in [6.07, 6.45) is 0.778. The molecule has 21 heavy (non-hydrogen) atoms. The largest absolute Gasteiger partial charge is 0.349 e. The van der Waals surface area contributed by atoms with Crippen LogP contribution in [0.3, 0.4) is 0 Å². The molecule has 2 aromatic heterocycles. The minimum atomic E-state index is -0.0363. The van der Waals surface area contributed by atoms with Gasteiger partial charge >= 0.3 is 0 Å². The molecule has 1 atom stereocenters. The molecule has 0 aliphatic carbocycles. The molecule has 0 unspecified atom stereocenters. The quantitative estimate of drug-likeness (QED) is 0.924. The molecule has 0 aliphatic rings. The average Bonchev–Trinajstić information content (AvgIpc) is 2.97. The van der Waals surface area contributed by atoms with Gasteiger partial charge in [-0.15, -0.1) is 11.3 Å². The van der Waals surface area contributed by atoms with E-state index in [1.54, 1.807) is 0 Å². The minimum absolute atomic E-state index is 0.0363. The van der Waals surface area contributed by atoms with Gasteiger partial charge in [-0.1, -0.05) is 6.92 Å². The van der Waals surface area contributed by atoms with Gasteiger partial charge in [0.15, 0.2) is 0 Å². The van der Waals surface area contributed by atoms with E-state index in [4.69, 9.17) is 0 Å². The number of amides is 1. The maximum Gasteiger partial charge on any atom is 0.263 e. The highest BCUT2D eigenvalue weighted by Crippen LogP contribution is 2.18. The molecule has 2 rings (SSSR count). The van der Waals surface area contributed by atoms with Crippen molar-refractivity contribution in [2.75, 3.05) is 6.54 Å². The molecule has 5 nitrogen and oxygen atoms in total. The Morgan fingerprint density at radius 2 is 2.14 bits per heavy atom. The van der Waals surface area contributed by atoms with E-state index in [9.17, 15) is 4.79 Å². The zero-order valence-electron chi connectivity index (χ0n) is 13.2. The second-order valence-electron chi connectivity index (χ2n) is 5.29.